The second-order valence-electron chi connectivity index (χ2n) is 3.66. The van der Waals surface area contributed by atoms with Crippen molar-refractivity contribution < 1.29 is 9.50 Å². The van der Waals surface area contributed by atoms with E-state index in [0.29, 0.717) is 11.4 Å². The van der Waals surface area contributed by atoms with Gasteiger partial charge in [-0.05, 0) is 24.2 Å². The van der Waals surface area contributed by atoms with Gasteiger partial charge in [-0.1, -0.05) is 19.9 Å². The molecule has 0 aliphatic carbocycles. The van der Waals surface area contributed by atoms with Crippen LogP contribution in [0.15, 0.2) is 23.1 Å². The molecular weight excluding hydrogens is 225 g/mol. The van der Waals surface area contributed by atoms with Crippen LogP contribution in [0.25, 0.3) is 0 Å². The lowest BCUT2D eigenvalue weighted by Crippen LogP contribution is -2.11. The summed E-state index contributed by atoms with van der Waals surface area (Å²) in [6, 6.07) is 5.24. The molecule has 0 saturated heterocycles. The summed E-state index contributed by atoms with van der Waals surface area (Å²) >= 11 is 1.36. The molecule has 0 radical (unpaired) electrons. The highest BCUT2D eigenvalue weighted by atomic mass is 32.2. The Morgan fingerprint density at radius 3 is 2.81 bits per heavy atom. The molecule has 2 nitrogen and oxygen atoms in total. The molecule has 0 amide bonds. The van der Waals surface area contributed by atoms with Crippen LogP contribution >= 0.6 is 11.8 Å². The standard InChI is InChI=1S/C12H18FNOS/c1-3-14-7-10-4-5-12(11(13)6-10)16-9(2)8-15/h4-6,9,14-15H,3,7-8H2,1-2H3. The lowest BCUT2D eigenvalue weighted by molar-refractivity contribution is 0.300. The minimum Gasteiger partial charge on any atom is -0.395 e. The number of benzene rings is 1. The maximum atomic E-state index is 13.6. The number of aliphatic hydroxyl groups is 1. The number of thioether (sulfide) groups is 1. The van der Waals surface area contributed by atoms with Gasteiger partial charge in [-0.25, -0.2) is 4.39 Å². The predicted octanol–water partition coefficient (Wildman–Crippen LogP) is 2.41. The van der Waals surface area contributed by atoms with E-state index in [0.717, 1.165) is 12.1 Å². The zero-order chi connectivity index (χ0) is 12.0. The van der Waals surface area contributed by atoms with E-state index in [-0.39, 0.29) is 17.7 Å². The van der Waals surface area contributed by atoms with E-state index < -0.39 is 0 Å². The Kier molecular flexibility index (Phi) is 5.80. The topological polar surface area (TPSA) is 32.3 Å². The van der Waals surface area contributed by atoms with Crippen LogP contribution in [0.5, 0.6) is 0 Å². The normalized spacial score (nSPS) is 12.8. The molecule has 0 aliphatic heterocycles. The molecule has 0 spiro atoms. The number of rotatable bonds is 6. The van der Waals surface area contributed by atoms with E-state index in [1.165, 1.54) is 11.8 Å². The van der Waals surface area contributed by atoms with Crippen molar-refractivity contribution in [2.75, 3.05) is 13.2 Å². The third kappa shape index (κ3) is 4.12. The van der Waals surface area contributed by atoms with Crippen LogP contribution in [0.3, 0.4) is 0 Å². The second kappa shape index (κ2) is 6.89. The van der Waals surface area contributed by atoms with E-state index in [9.17, 15) is 4.39 Å². The van der Waals surface area contributed by atoms with E-state index >= 15 is 0 Å². The van der Waals surface area contributed by atoms with Gasteiger partial charge in [0.2, 0.25) is 0 Å². The first-order chi connectivity index (χ1) is 7.67. The molecule has 0 fully saturated rings. The smallest absolute Gasteiger partial charge is 0.137 e. The van der Waals surface area contributed by atoms with Crippen LogP contribution in [0.1, 0.15) is 19.4 Å². The van der Waals surface area contributed by atoms with Gasteiger partial charge in [-0.15, -0.1) is 11.8 Å². The Hall–Kier alpha value is -0.580. The van der Waals surface area contributed by atoms with Crippen LogP contribution in [0.4, 0.5) is 4.39 Å². The van der Waals surface area contributed by atoms with Crippen LogP contribution in [0, 0.1) is 5.82 Å². The van der Waals surface area contributed by atoms with Crippen molar-refractivity contribution in [3.63, 3.8) is 0 Å². The number of nitrogens with one attached hydrogen (secondary N) is 1. The zero-order valence-electron chi connectivity index (χ0n) is 9.66. The van der Waals surface area contributed by atoms with Crippen molar-refractivity contribution in [3.8, 4) is 0 Å². The first-order valence-corrected chi connectivity index (χ1v) is 6.32. The quantitative estimate of drug-likeness (QED) is 0.753. The van der Waals surface area contributed by atoms with Crippen molar-refractivity contribution in [1.82, 2.24) is 5.32 Å². The molecule has 16 heavy (non-hydrogen) atoms. The highest BCUT2D eigenvalue weighted by Crippen LogP contribution is 2.26. The van der Waals surface area contributed by atoms with Crippen LogP contribution in [0.2, 0.25) is 0 Å². The first kappa shape index (κ1) is 13.5. The van der Waals surface area contributed by atoms with Gasteiger partial charge in [0.25, 0.3) is 0 Å². The highest BCUT2D eigenvalue weighted by molar-refractivity contribution is 8.00. The monoisotopic (exact) mass is 243 g/mol. The van der Waals surface area contributed by atoms with Crippen molar-refractivity contribution >= 4 is 11.8 Å². The summed E-state index contributed by atoms with van der Waals surface area (Å²) in [4.78, 5) is 0.599. The Balaban J connectivity index is 2.67. The minimum atomic E-state index is -0.208. The SMILES string of the molecule is CCNCc1ccc(SC(C)CO)c(F)c1. The van der Waals surface area contributed by atoms with Gasteiger partial charge in [0.1, 0.15) is 5.82 Å². The number of aliphatic hydroxyl groups excluding tert-OH is 1. The molecule has 1 aromatic rings. The molecule has 0 heterocycles. The largest absolute Gasteiger partial charge is 0.395 e. The van der Waals surface area contributed by atoms with E-state index in [2.05, 4.69) is 5.32 Å². The molecule has 1 atom stereocenters. The Morgan fingerprint density at radius 1 is 1.50 bits per heavy atom. The Morgan fingerprint density at radius 2 is 2.25 bits per heavy atom. The van der Waals surface area contributed by atoms with Gasteiger partial charge in [0.15, 0.2) is 0 Å². The highest BCUT2D eigenvalue weighted by Gasteiger charge is 2.08. The fourth-order valence-electron chi connectivity index (χ4n) is 1.27. The fraction of sp³-hybridized carbons (Fsp3) is 0.500. The Labute approximate surface area is 100 Å². The third-order valence-electron chi connectivity index (χ3n) is 2.16. The molecule has 0 aromatic heterocycles. The van der Waals surface area contributed by atoms with Gasteiger partial charge in [0.05, 0.1) is 6.61 Å². The van der Waals surface area contributed by atoms with Crippen molar-refractivity contribution in [1.29, 1.82) is 0 Å². The van der Waals surface area contributed by atoms with Gasteiger partial charge in [-0.2, -0.15) is 0 Å². The van der Waals surface area contributed by atoms with Gasteiger partial charge in [0, 0.05) is 16.7 Å². The molecule has 0 bridgehead atoms. The first-order valence-electron chi connectivity index (χ1n) is 5.44. The summed E-state index contributed by atoms with van der Waals surface area (Å²) < 4.78 is 13.6. The second-order valence-corrected chi connectivity index (χ2v) is 5.14. The molecule has 1 unspecified atom stereocenters. The zero-order valence-corrected chi connectivity index (χ0v) is 10.5. The molecular formula is C12H18FNOS. The number of halogens is 1. The molecule has 1 rings (SSSR count). The van der Waals surface area contributed by atoms with Gasteiger partial charge < -0.3 is 10.4 Å². The number of hydrogen-bond donors (Lipinski definition) is 2. The minimum absolute atomic E-state index is 0.0223. The number of hydrogen-bond acceptors (Lipinski definition) is 3. The summed E-state index contributed by atoms with van der Waals surface area (Å²) in [5.74, 6) is -0.208. The summed E-state index contributed by atoms with van der Waals surface area (Å²) in [5.41, 5.74) is 0.945. The lowest BCUT2D eigenvalue weighted by Gasteiger charge is -2.09. The molecule has 1 aromatic carbocycles. The van der Waals surface area contributed by atoms with E-state index in [4.69, 9.17) is 5.11 Å². The lowest BCUT2D eigenvalue weighted by atomic mass is 10.2. The molecule has 0 saturated carbocycles. The van der Waals surface area contributed by atoms with Crippen LogP contribution in [-0.4, -0.2) is 23.5 Å². The van der Waals surface area contributed by atoms with Crippen LogP contribution in [-0.2, 0) is 6.54 Å². The predicted molar refractivity (Wildman–Crippen MR) is 66.2 cm³/mol. The Bertz CT molecular complexity index is 333. The maximum Gasteiger partial charge on any atom is 0.137 e. The van der Waals surface area contributed by atoms with Gasteiger partial charge in [-0.3, -0.25) is 0 Å². The average Bonchev–Trinajstić information content (AvgIpc) is 2.29. The van der Waals surface area contributed by atoms with E-state index in [1.807, 2.05) is 19.9 Å². The summed E-state index contributed by atoms with van der Waals surface area (Å²) in [5, 5.41) is 12.1. The molecule has 4 heteroatoms. The van der Waals surface area contributed by atoms with Crippen molar-refractivity contribution in [2.45, 2.75) is 30.5 Å². The van der Waals surface area contributed by atoms with Gasteiger partial charge >= 0.3 is 0 Å². The van der Waals surface area contributed by atoms with Crippen molar-refractivity contribution in [3.05, 3.63) is 29.6 Å². The summed E-state index contributed by atoms with van der Waals surface area (Å²) in [7, 11) is 0. The average molecular weight is 243 g/mol. The molecule has 0 aliphatic rings. The maximum absolute atomic E-state index is 13.6. The summed E-state index contributed by atoms with van der Waals surface area (Å²) in [6.45, 7) is 5.51. The fourth-order valence-corrected chi connectivity index (χ4v) is 2.10. The molecule has 90 valence electrons. The molecule has 2 N–H and O–H groups in total. The summed E-state index contributed by atoms with van der Waals surface area (Å²) in [6.07, 6.45) is 0. The van der Waals surface area contributed by atoms with Crippen molar-refractivity contribution in [2.24, 2.45) is 0 Å². The van der Waals surface area contributed by atoms with E-state index in [1.54, 1.807) is 12.1 Å². The third-order valence-corrected chi connectivity index (χ3v) is 3.30. The van der Waals surface area contributed by atoms with Crippen LogP contribution < -0.4 is 5.32 Å².